The van der Waals surface area contributed by atoms with Crippen molar-refractivity contribution in [1.82, 2.24) is 9.80 Å². The van der Waals surface area contributed by atoms with Crippen molar-refractivity contribution >= 4 is 23.5 Å². The number of likely N-dealkylation sites (N-methyl/N-ethyl adjacent to an activating group) is 1. The van der Waals surface area contributed by atoms with Crippen LogP contribution in [-0.2, 0) is 25.7 Å². The maximum atomic E-state index is 12.6. The lowest BCUT2D eigenvalue weighted by molar-refractivity contribution is -0.134. The van der Waals surface area contributed by atoms with Crippen LogP contribution in [0.4, 0.5) is 5.69 Å². The van der Waals surface area contributed by atoms with E-state index in [1.807, 2.05) is 6.07 Å². The van der Waals surface area contributed by atoms with Crippen molar-refractivity contribution in [3.05, 3.63) is 77.4 Å². The van der Waals surface area contributed by atoms with Crippen LogP contribution in [0.25, 0.3) is 0 Å². The fourth-order valence-corrected chi connectivity index (χ4v) is 4.23. The lowest BCUT2D eigenvalue weighted by Gasteiger charge is -2.34. The molecule has 2 aliphatic rings. The SMILES string of the molecule is CN1Cc2c(NC(=O)CN3CCOCC3)cccc2C(c2ccccc2)C1.O=C(O)/C=C\C(=O)O. The van der Waals surface area contributed by atoms with Crippen molar-refractivity contribution in [3.63, 3.8) is 0 Å². The van der Waals surface area contributed by atoms with Gasteiger partial charge < -0.3 is 25.2 Å². The number of fused-ring (bicyclic) bond motifs is 1. The summed E-state index contributed by atoms with van der Waals surface area (Å²) in [5.41, 5.74) is 4.82. The standard InChI is InChI=1S/C22H27N3O2.C4H4O4/c1-24-14-19(17-6-3-2-4-7-17)18-8-5-9-21(20(18)15-24)23-22(26)16-25-10-12-27-13-11-25;5-3(6)1-2-4(7)8/h2-9,19H,10-16H2,1H3,(H,23,26);1-2H,(H,5,6)(H,7,8)/b;2-1-. The third kappa shape index (κ3) is 8.03. The van der Waals surface area contributed by atoms with Crippen LogP contribution in [-0.4, -0.2) is 84.3 Å². The molecular weight excluding hydrogens is 450 g/mol. The van der Waals surface area contributed by atoms with E-state index in [0.717, 1.165) is 31.9 Å². The van der Waals surface area contributed by atoms with Gasteiger partial charge in [-0.1, -0.05) is 42.5 Å². The van der Waals surface area contributed by atoms with Gasteiger partial charge >= 0.3 is 11.9 Å². The first-order valence-electron chi connectivity index (χ1n) is 11.4. The number of amides is 1. The molecule has 0 aromatic heterocycles. The third-order valence-corrected chi connectivity index (χ3v) is 5.83. The summed E-state index contributed by atoms with van der Waals surface area (Å²) >= 11 is 0. The summed E-state index contributed by atoms with van der Waals surface area (Å²) in [7, 11) is 2.14. The molecular formula is C26H31N3O6. The van der Waals surface area contributed by atoms with Gasteiger partial charge in [0.15, 0.2) is 0 Å². The minimum atomic E-state index is -1.26. The third-order valence-electron chi connectivity index (χ3n) is 5.83. The average molecular weight is 482 g/mol. The van der Waals surface area contributed by atoms with Crippen LogP contribution < -0.4 is 5.32 Å². The van der Waals surface area contributed by atoms with Gasteiger partial charge in [-0.3, -0.25) is 9.69 Å². The lowest BCUT2D eigenvalue weighted by atomic mass is 9.84. The van der Waals surface area contributed by atoms with Crippen molar-refractivity contribution in [2.24, 2.45) is 0 Å². The van der Waals surface area contributed by atoms with Crippen LogP contribution in [0.3, 0.4) is 0 Å². The summed E-state index contributed by atoms with van der Waals surface area (Å²) in [4.78, 5) is 36.2. The largest absolute Gasteiger partial charge is 0.478 e. The van der Waals surface area contributed by atoms with E-state index in [9.17, 15) is 14.4 Å². The number of morpholine rings is 1. The quantitative estimate of drug-likeness (QED) is 0.538. The zero-order valence-corrected chi connectivity index (χ0v) is 19.7. The van der Waals surface area contributed by atoms with Gasteiger partial charge in [0.1, 0.15) is 0 Å². The van der Waals surface area contributed by atoms with Crippen molar-refractivity contribution in [2.75, 3.05) is 51.8 Å². The minimum absolute atomic E-state index is 0.0507. The highest BCUT2D eigenvalue weighted by Gasteiger charge is 2.27. The second-order valence-corrected chi connectivity index (χ2v) is 8.48. The van der Waals surface area contributed by atoms with Crippen LogP contribution in [0.2, 0.25) is 0 Å². The molecule has 2 aliphatic heterocycles. The second kappa shape index (κ2) is 12.8. The molecule has 1 fully saturated rings. The van der Waals surface area contributed by atoms with Gasteiger partial charge in [0.2, 0.25) is 5.91 Å². The Bertz CT molecular complexity index is 1030. The number of rotatable bonds is 6. The summed E-state index contributed by atoms with van der Waals surface area (Å²) in [6, 6.07) is 16.9. The first-order chi connectivity index (χ1) is 16.8. The smallest absolute Gasteiger partial charge is 0.328 e. The molecule has 3 N–H and O–H groups in total. The van der Waals surface area contributed by atoms with Crippen LogP contribution in [0, 0.1) is 0 Å². The highest BCUT2D eigenvalue weighted by Crippen LogP contribution is 2.36. The number of carbonyl (C=O) groups is 3. The van der Waals surface area contributed by atoms with E-state index in [4.69, 9.17) is 14.9 Å². The van der Waals surface area contributed by atoms with Gasteiger partial charge in [0.25, 0.3) is 0 Å². The Morgan fingerprint density at radius 3 is 2.29 bits per heavy atom. The maximum Gasteiger partial charge on any atom is 0.328 e. The minimum Gasteiger partial charge on any atom is -0.478 e. The van der Waals surface area contributed by atoms with E-state index < -0.39 is 11.9 Å². The Labute approximate surface area is 204 Å². The number of ether oxygens (including phenoxy) is 1. The predicted octanol–water partition coefficient (Wildman–Crippen LogP) is 2.25. The monoisotopic (exact) mass is 481 g/mol. The molecule has 0 spiro atoms. The molecule has 0 aliphatic carbocycles. The van der Waals surface area contributed by atoms with E-state index >= 15 is 0 Å². The molecule has 9 nitrogen and oxygen atoms in total. The number of benzene rings is 2. The van der Waals surface area contributed by atoms with Crippen LogP contribution in [0.1, 0.15) is 22.6 Å². The van der Waals surface area contributed by atoms with Gasteiger partial charge in [0.05, 0.1) is 19.8 Å². The van der Waals surface area contributed by atoms with Crippen molar-refractivity contribution < 1.29 is 29.3 Å². The molecule has 2 heterocycles. The Balaban J connectivity index is 0.000000371. The molecule has 0 saturated carbocycles. The van der Waals surface area contributed by atoms with Gasteiger partial charge in [-0.15, -0.1) is 0 Å². The van der Waals surface area contributed by atoms with Gasteiger partial charge in [0, 0.05) is 49.9 Å². The molecule has 2 aromatic carbocycles. The van der Waals surface area contributed by atoms with Crippen molar-refractivity contribution in [3.8, 4) is 0 Å². The number of hydrogen-bond donors (Lipinski definition) is 3. The van der Waals surface area contributed by atoms with Gasteiger partial charge in [-0.25, -0.2) is 9.59 Å². The van der Waals surface area contributed by atoms with E-state index in [-0.39, 0.29) is 5.91 Å². The average Bonchev–Trinajstić information content (AvgIpc) is 2.84. The molecule has 1 amide bonds. The molecule has 1 atom stereocenters. The summed E-state index contributed by atoms with van der Waals surface area (Å²) in [6.07, 6.45) is 1.12. The molecule has 0 bridgehead atoms. The Kier molecular flexibility index (Phi) is 9.54. The number of hydrogen-bond acceptors (Lipinski definition) is 6. The highest BCUT2D eigenvalue weighted by molar-refractivity contribution is 5.93. The van der Waals surface area contributed by atoms with Crippen LogP contribution in [0.5, 0.6) is 0 Å². The molecule has 1 unspecified atom stereocenters. The van der Waals surface area contributed by atoms with Gasteiger partial charge in [-0.05, 0) is 29.8 Å². The zero-order chi connectivity index (χ0) is 25.2. The number of aliphatic carboxylic acids is 2. The lowest BCUT2D eigenvalue weighted by Crippen LogP contribution is -2.41. The number of nitrogens with zero attached hydrogens (tertiary/aromatic N) is 2. The Morgan fingerprint density at radius 1 is 1.00 bits per heavy atom. The number of carboxylic acid groups (broad SMARTS) is 2. The predicted molar refractivity (Wildman–Crippen MR) is 131 cm³/mol. The number of carboxylic acids is 2. The number of nitrogens with one attached hydrogen (secondary N) is 1. The summed E-state index contributed by atoms with van der Waals surface area (Å²) in [6.45, 7) is 5.31. The molecule has 9 heteroatoms. The molecule has 0 radical (unpaired) electrons. The van der Waals surface area contributed by atoms with Crippen LogP contribution in [0.15, 0.2) is 60.7 Å². The van der Waals surface area contributed by atoms with E-state index in [2.05, 4.69) is 64.6 Å². The molecule has 1 saturated heterocycles. The summed E-state index contributed by atoms with van der Waals surface area (Å²) in [5, 5.41) is 18.8. The van der Waals surface area contributed by atoms with Crippen LogP contribution >= 0.6 is 0 Å². The first kappa shape index (κ1) is 26.1. The molecule has 186 valence electrons. The Hall–Kier alpha value is -3.53. The Morgan fingerprint density at radius 2 is 1.66 bits per heavy atom. The number of carbonyl (C=O) groups excluding carboxylic acids is 1. The molecule has 4 rings (SSSR count). The molecule has 35 heavy (non-hydrogen) atoms. The van der Waals surface area contributed by atoms with Crippen molar-refractivity contribution in [1.29, 1.82) is 0 Å². The second-order valence-electron chi connectivity index (χ2n) is 8.48. The first-order valence-corrected chi connectivity index (χ1v) is 11.4. The summed E-state index contributed by atoms with van der Waals surface area (Å²) < 4.78 is 5.36. The van der Waals surface area contributed by atoms with E-state index in [1.165, 1.54) is 16.7 Å². The zero-order valence-electron chi connectivity index (χ0n) is 19.7. The van der Waals surface area contributed by atoms with E-state index in [1.54, 1.807) is 0 Å². The number of anilines is 1. The normalized spacial score (nSPS) is 18.3. The van der Waals surface area contributed by atoms with E-state index in [0.29, 0.717) is 37.8 Å². The highest BCUT2D eigenvalue weighted by atomic mass is 16.5. The molecule has 2 aromatic rings. The van der Waals surface area contributed by atoms with Crippen molar-refractivity contribution in [2.45, 2.75) is 12.5 Å². The maximum absolute atomic E-state index is 12.6. The van der Waals surface area contributed by atoms with Gasteiger partial charge in [-0.2, -0.15) is 0 Å². The summed E-state index contributed by atoms with van der Waals surface area (Å²) in [5.74, 6) is -2.13. The fourth-order valence-electron chi connectivity index (χ4n) is 4.23. The topological polar surface area (TPSA) is 119 Å². The fraction of sp³-hybridized carbons (Fsp3) is 0.346.